The molecule has 0 radical (unpaired) electrons. The van der Waals surface area contributed by atoms with Gasteiger partial charge in [-0.2, -0.15) is 0 Å². The van der Waals surface area contributed by atoms with Crippen LogP contribution in [-0.4, -0.2) is 12.0 Å². The minimum Gasteiger partial charge on any atom is -0.352 e. The first-order valence-electron chi connectivity index (χ1n) is 4.77. The molecule has 2 N–H and O–H groups in total. The molecule has 72 valence electrons. The molecule has 2 unspecified atom stereocenters. The number of hydrogen-bond acceptors (Lipinski definition) is 1. The lowest BCUT2D eigenvalue weighted by Gasteiger charge is -2.28. The molecule has 1 aromatic heterocycles. The van der Waals surface area contributed by atoms with Crippen LogP contribution in [0.1, 0.15) is 30.5 Å². The van der Waals surface area contributed by atoms with Crippen molar-refractivity contribution in [2.75, 3.05) is 7.05 Å². The first-order chi connectivity index (χ1) is 6.24. The van der Waals surface area contributed by atoms with Gasteiger partial charge in [0.05, 0.1) is 0 Å². The quantitative estimate of drug-likeness (QED) is 0.713. The zero-order valence-corrected chi connectivity index (χ0v) is 8.78. The van der Waals surface area contributed by atoms with Crippen molar-refractivity contribution in [1.82, 2.24) is 10.3 Å². The van der Waals surface area contributed by atoms with E-state index in [2.05, 4.69) is 17.2 Å². The van der Waals surface area contributed by atoms with Crippen molar-refractivity contribution in [3.05, 3.63) is 22.5 Å². The monoisotopic (exact) mass is 198 g/mol. The molecule has 13 heavy (non-hydrogen) atoms. The lowest BCUT2D eigenvalue weighted by molar-refractivity contribution is 0.366. The van der Waals surface area contributed by atoms with Gasteiger partial charge in [-0.25, -0.2) is 0 Å². The molecule has 0 bridgehead atoms. The second-order valence-electron chi connectivity index (χ2n) is 3.82. The third-order valence-electron chi connectivity index (χ3n) is 3.03. The van der Waals surface area contributed by atoms with Crippen molar-refractivity contribution in [2.24, 2.45) is 5.92 Å². The van der Waals surface area contributed by atoms with Crippen LogP contribution in [0.2, 0.25) is 5.15 Å². The van der Waals surface area contributed by atoms with Gasteiger partial charge in [0.25, 0.3) is 0 Å². The van der Waals surface area contributed by atoms with Crippen molar-refractivity contribution in [2.45, 2.75) is 25.8 Å². The molecule has 1 aliphatic rings. The smallest absolute Gasteiger partial charge is 0.109 e. The summed E-state index contributed by atoms with van der Waals surface area (Å²) in [5.74, 6) is 0.698. The van der Waals surface area contributed by atoms with E-state index in [1.54, 1.807) is 0 Å². The summed E-state index contributed by atoms with van der Waals surface area (Å²) in [5, 5.41) is 4.17. The molecule has 0 saturated heterocycles. The SMILES string of the molecule is CNC1c2c[nH]c(Cl)c2CCC1C. The Morgan fingerprint density at radius 1 is 1.62 bits per heavy atom. The second-order valence-corrected chi connectivity index (χ2v) is 4.20. The molecule has 0 aromatic carbocycles. The Balaban J connectivity index is 2.40. The van der Waals surface area contributed by atoms with Gasteiger partial charge in [0.2, 0.25) is 0 Å². The zero-order chi connectivity index (χ0) is 9.42. The van der Waals surface area contributed by atoms with Crippen molar-refractivity contribution in [1.29, 1.82) is 0 Å². The molecule has 0 spiro atoms. The van der Waals surface area contributed by atoms with Gasteiger partial charge in [-0.05, 0) is 36.9 Å². The summed E-state index contributed by atoms with van der Waals surface area (Å²) < 4.78 is 0. The summed E-state index contributed by atoms with van der Waals surface area (Å²) in [5.41, 5.74) is 2.66. The van der Waals surface area contributed by atoms with Crippen LogP contribution in [0.15, 0.2) is 6.20 Å². The van der Waals surface area contributed by atoms with Gasteiger partial charge in [-0.1, -0.05) is 18.5 Å². The van der Waals surface area contributed by atoms with Gasteiger partial charge in [0, 0.05) is 12.2 Å². The summed E-state index contributed by atoms with van der Waals surface area (Å²) >= 11 is 6.04. The standard InChI is InChI=1S/C10H15ClN2/c1-6-3-4-7-8(9(6)12-2)5-13-10(7)11/h5-6,9,12-13H,3-4H2,1-2H3. The lowest BCUT2D eigenvalue weighted by Crippen LogP contribution is -2.27. The maximum atomic E-state index is 6.04. The fourth-order valence-corrected chi connectivity index (χ4v) is 2.52. The average Bonchev–Trinajstić information content (AvgIpc) is 2.48. The summed E-state index contributed by atoms with van der Waals surface area (Å²) in [7, 11) is 2.01. The number of rotatable bonds is 1. The summed E-state index contributed by atoms with van der Waals surface area (Å²) in [6.07, 6.45) is 4.36. The van der Waals surface area contributed by atoms with Crippen LogP contribution in [0.4, 0.5) is 0 Å². The molecule has 2 nitrogen and oxygen atoms in total. The van der Waals surface area contributed by atoms with Crippen LogP contribution < -0.4 is 5.32 Å². The Labute approximate surface area is 83.7 Å². The highest BCUT2D eigenvalue weighted by Crippen LogP contribution is 2.36. The molecular weight excluding hydrogens is 184 g/mol. The van der Waals surface area contributed by atoms with E-state index in [1.807, 2.05) is 13.2 Å². The fraction of sp³-hybridized carbons (Fsp3) is 0.600. The first-order valence-corrected chi connectivity index (χ1v) is 5.14. The Morgan fingerprint density at radius 3 is 3.08 bits per heavy atom. The maximum absolute atomic E-state index is 6.04. The van der Waals surface area contributed by atoms with Gasteiger partial charge in [0.15, 0.2) is 0 Å². The van der Waals surface area contributed by atoms with E-state index in [0.29, 0.717) is 12.0 Å². The van der Waals surface area contributed by atoms with Crippen LogP contribution >= 0.6 is 11.6 Å². The van der Waals surface area contributed by atoms with Gasteiger partial charge in [-0.15, -0.1) is 0 Å². The van der Waals surface area contributed by atoms with Gasteiger partial charge in [-0.3, -0.25) is 0 Å². The van der Waals surface area contributed by atoms with Crippen molar-refractivity contribution in [3.63, 3.8) is 0 Å². The molecule has 1 aliphatic carbocycles. The van der Waals surface area contributed by atoms with Crippen LogP contribution in [0, 0.1) is 5.92 Å². The van der Waals surface area contributed by atoms with Gasteiger partial charge < -0.3 is 10.3 Å². The van der Waals surface area contributed by atoms with Crippen LogP contribution in [-0.2, 0) is 6.42 Å². The average molecular weight is 199 g/mol. The van der Waals surface area contributed by atoms with Crippen LogP contribution in [0.25, 0.3) is 0 Å². The third kappa shape index (κ3) is 1.38. The van der Waals surface area contributed by atoms with Crippen LogP contribution in [0.5, 0.6) is 0 Å². The summed E-state index contributed by atoms with van der Waals surface area (Å²) in [6.45, 7) is 2.28. The molecule has 3 heteroatoms. The highest BCUT2D eigenvalue weighted by atomic mass is 35.5. The Kier molecular flexibility index (Phi) is 2.35. The predicted octanol–water partition coefficient (Wildman–Crippen LogP) is 2.51. The topological polar surface area (TPSA) is 27.8 Å². The van der Waals surface area contributed by atoms with E-state index in [0.717, 1.165) is 11.6 Å². The van der Waals surface area contributed by atoms with Gasteiger partial charge >= 0.3 is 0 Å². The number of nitrogens with one attached hydrogen (secondary N) is 2. The van der Waals surface area contributed by atoms with E-state index in [9.17, 15) is 0 Å². The van der Waals surface area contributed by atoms with E-state index in [-0.39, 0.29) is 0 Å². The molecule has 2 rings (SSSR count). The highest BCUT2D eigenvalue weighted by Gasteiger charge is 2.27. The number of aromatic nitrogens is 1. The molecule has 2 atom stereocenters. The molecule has 0 saturated carbocycles. The molecule has 0 amide bonds. The normalized spacial score (nSPS) is 27.3. The molecular formula is C10H15ClN2. The van der Waals surface area contributed by atoms with E-state index < -0.39 is 0 Å². The number of fused-ring (bicyclic) bond motifs is 1. The van der Waals surface area contributed by atoms with Crippen LogP contribution in [0.3, 0.4) is 0 Å². The van der Waals surface area contributed by atoms with Crippen molar-refractivity contribution < 1.29 is 0 Å². The highest BCUT2D eigenvalue weighted by molar-refractivity contribution is 6.30. The summed E-state index contributed by atoms with van der Waals surface area (Å²) in [6, 6.07) is 0.465. The number of halogens is 1. The number of H-pyrrole nitrogens is 1. The Hall–Kier alpha value is -0.470. The van der Waals surface area contributed by atoms with E-state index in [1.165, 1.54) is 17.5 Å². The Bertz CT molecular complexity index is 306. The number of aromatic amines is 1. The Morgan fingerprint density at radius 2 is 2.38 bits per heavy atom. The van der Waals surface area contributed by atoms with Crippen molar-refractivity contribution >= 4 is 11.6 Å². The number of hydrogen-bond donors (Lipinski definition) is 2. The minimum absolute atomic E-state index is 0.465. The predicted molar refractivity (Wildman–Crippen MR) is 55.1 cm³/mol. The van der Waals surface area contributed by atoms with Crippen molar-refractivity contribution in [3.8, 4) is 0 Å². The fourth-order valence-electron chi connectivity index (χ4n) is 2.26. The maximum Gasteiger partial charge on any atom is 0.109 e. The second kappa shape index (κ2) is 3.35. The third-order valence-corrected chi connectivity index (χ3v) is 3.37. The minimum atomic E-state index is 0.465. The molecule has 0 aliphatic heterocycles. The summed E-state index contributed by atoms with van der Waals surface area (Å²) in [4.78, 5) is 3.09. The van der Waals surface area contributed by atoms with E-state index >= 15 is 0 Å². The first kappa shape index (κ1) is 9.10. The zero-order valence-electron chi connectivity index (χ0n) is 8.02. The van der Waals surface area contributed by atoms with E-state index in [4.69, 9.17) is 11.6 Å². The molecule has 0 fully saturated rings. The molecule has 1 aromatic rings. The molecule has 1 heterocycles. The largest absolute Gasteiger partial charge is 0.352 e. The van der Waals surface area contributed by atoms with Gasteiger partial charge in [0.1, 0.15) is 5.15 Å². The lowest BCUT2D eigenvalue weighted by atomic mass is 9.83.